The minimum absolute atomic E-state index is 0.00763. The summed E-state index contributed by atoms with van der Waals surface area (Å²) in [7, 11) is 0. The highest BCUT2D eigenvalue weighted by atomic mass is 16.3. The van der Waals surface area contributed by atoms with E-state index in [1.165, 1.54) is 38.6 Å². The molecule has 0 atom stereocenters. The molecule has 0 fully saturated rings. The molecule has 306 valence electrons. The fraction of sp³-hybridized carbons (Fsp3) is 0.133. The van der Waals surface area contributed by atoms with Gasteiger partial charge in [-0.3, -0.25) is 0 Å². The Morgan fingerprint density at radius 2 is 0.873 bits per heavy atom. The number of nitrogens with zero attached hydrogens (tertiary/aromatic N) is 1. The predicted octanol–water partition coefficient (Wildman–Crippen LogP) is 17.7. The molecule has 11 rings (SSSR count). The van der Waals surface area contributed by atoms with Crippen LogP contribution in [0.1, 0.15) is 52.7 Å². The summed E-state index contributed by atoms with van der Waals surface area (Å²) >= 11 is 0. The van der Waals surface area contributed by atoms with E-state index in [1.54, 1.807) is 0 Å². The Balaban J connectivity index is 1.13. The van der Waals surface area contributed by atoms with Gasteiger partial charge in [0.05, 0.1) is 5.69 Å². The van der Waals surface area contributed by atoms with Crippen LogP contribution in [0.5, 0.6) is 0 Å². The fourth-order valence-electron chi connectivity index (χ4n) is 9.44. The Morgan fingerprint density at radius 3 is 1.59 bits per heavy atom. The number of hydrogen-bond acceptors (Lipinski definition) is 3. The van der Waals surface area contributed by atoms with Gasteiger partial charge in [0.25, 0.3) is 0 Å². The van der Waals surface area contributed by atoms with Crippen molar-refractivity contribution in [3.05, 3.63) is 199 Å². The van der Waals surface area contributed by atoms with Crippen LogP contribution in [0.15, 0.2) is 197 Å². The quantitative estimate of drug-likeness (QED) is 0.167. The molecule has 0 saturated heterocycles. The van der Waals surface area contributed by atoms with Crippen LogP contribution < -0.4 is 4.90 Å². The number of anilines is 3. The van der Waals surface area contributed by atoms with Crippen LogP contribution >= 0.6 is 0 Å². The third kappa shape index (κ3) is 6.67. The van der Waals surface area contributed by atoms with Gasteiger partial charge in [0.2, 0.25) is 0 Å². The van der Waals surface area contributed by atoms with Gasteiger partial charge < -0.3 is 13.7 Å². The number of benzene rings is 9. The molecule has 3 heteroatoms. The third-order valence-corrected chi connectivity index (χ3v) is 12.8. The maximum atomic E-state index is 6.35. The lowest BCUT2D eigenvalue weighted by molar-refractivity contribution is 0.569. The Kier molecular flexibility index (Phi) is 8.96. The zero-order valence-electron chi connectivity index (χ0n) is 36.7. The highest BCUT2D eigenvalue weighted by Gasteiger charge is 2.24. The van der Waals surface area contributed by atoms with Gasteiger partial charge in [0.15, 0.2) is 0 Å². The number of rotatable bonds is 6. The first-order valence-corrected chi connectivity index (χ1v) is 22.0. The molecule has 0 saturated carbocycles. The summed E-state index contributed by atoms with van der Waals surface area (Å²) in [6.45, 7) is 13.9. The summed E-state index contributed by atoms with van der Waals surface area (Å²) in [6.07, 6.45) is 0. The van der Waals surface area contributed by atoms with Crippen molar-refractivity contribution >= 4 is 71.7 Å². The second kappa shape index (κ2) is 14.6. The Labute approximate surface area is 368 Å². The number of furan rings is 2. The molecule has 9 aromatic carbocycles. The number of hydrogen-bond donors (Lipinski definition) is 0. The topological polar surface area (TPSA) is 29.5 Å². The lowest BCUT2D eigenvalue weighted by Gasteiger charge is -2.29. The van der Waals surface area contributed by atoms with Gasteiger partial charge in [0, 0.05) is 38.5 Å². The molecule has 2 aromatic heterocycles. The highest BCUT2D eigenvalue weighted by molar-refractivity contribution is 6.13. The summed E-state index contributed by atoms with van der Waals surface area (Å²) < 4.78 is 12.6. The van der Waals surface area contributed by atoms with Gasteiger partial charge >= 0.3 is 0 Å². The highest BCUT2D eigenvalue weighted by Crippen LogP contribution is 2.47. The Bertz CT molecular complexity index is 3500. The molecule has 0 bridgehead atoms. The van der Waals surface area contributed by atoms with Crippen molar-refractivity contribution < 1.29 is 8.83 Å². The minimum atomic E-state index is -0.00763. The van der Waals surface area contributed by atoms with Crippen LogP contribution in [0.3, 0.4) is 0 Å². The molecule has 0 aliphatic rings. The van der Waals surface area contributed by atoms with Crippen molar-refractivity contribution in [3.63, 3.8) is 0 Å². The van der Waals surface area contributed by atoms with Crippen LogP contribution in [0.25, 0.3) is 88.0 Å². The van der Waals surface area contributed by atoms with Crippen molar-refractivity contribution in [1.82, 2.24) is 0 Å². The van der Waals surface area contributed by atoms with E-state index in [-0.39, 0.29) is 10.8 Å². The van der Waals surface area contributed by atoms with Gasteiger partial charge in [-0.05, 0) is 115 Å². The molecule has 0 spiro atoms. The van der Waals surface area contributed by atoms with Gasteiger partial charge in [-0.25, -0.2) is 0 Å². The van der Waals surface area contributed by atoms with Crippen LogP contribution in [0.4, 0.5) is 17.1 Å². The smallest absolute Gasteiger partial charge is 0.136 e. The van der Waals surface area contributed by atoms with E-state index in [1.807, 2.05) is 24.3 Å². The molecule has 3 nitrogen and oxygen atoms in total. The number of para-hydroxylation sites is 3. The maximum Gasteiger partial charge on any atom is 0.136 e. The molecular weight excluding hydrogens is 767 g/mol. The van der Waals surface area contributed by atoms with Gasteiger partial charge in [-0.2, -0.15) is 0 Å². The average Bonchev–Trinajstić information content (AvgIpc) is 3.87. The Morgan fingerprint density at radius 1 is 0.349 bits per heavy atom. The average molecular weight is 816 g/mol. The lowest BCUT2D eigenvalue weighted by Crippen LogP contribution is -2.16. The first-order chi connectivity index (χ1) is 30.5. The molecule has 63 heavy (non-hydrogen) atoms. The largest absolute Gasteiger partial charge is 0.456 e. The van der Waals surface area contributed by atoms with Crippen molar-refractivity contribution in [2.24, 2.45) is 0 Å². The molecule has 0 aliphatic heterocycles. The van der Waals surface area contributed by atoms with Crippen molar-refractivity contribution in [1.29, 1.82) is 0 Å². The monoisotopic (exact) mass is 815 g/mol. The summed E-state index contributed by atoms with van der Waals surface area (Å²) in [6, 6.07) is 68.2. The molecule has 0 amide bonds. The molecule has 2 heterocycles. The fourth-order valence-corrected chi connectivity index (χ4v) is 9.44. The first-order valence-electron chi connectivity index (χ1n) is 22.0. The zero-order chi connectivity index (χ0) is 43.0. The predicted molar refractivity (Wildman–Crippen MR) is 267 cm³/mol. The molecular formula is C60H49NO2. The van der Waals surface area contributed by atoms with E-state index in [4.69, 9.17) is 8.83 Å². The molecule has 0 unspecified atom stereocenters. The van der Waals surface area contributed by atoms with Gasteiger partial charge in [-0.15, -0.1) is 0 Å². The Hall–Kier alpha value is -7.36. The van der Waals surface area contributed by atoms with Crippen LogP contribution in [-0.4, -0.2) is 0 Å². The standard InChI is InChI=1S/C60H49NO2/c1-59(2,3)41-34-40(35-42(36-41)60(4,5)6)46-21-13-16-39-17-14-23-49(57(39)46)47-18-7-10-24-52(47)61(44-32-33-55-51(37-44)48-19-8-11-25-53(48)62-55)43-30-28-38(29-31-43)45-22-15-27-56-58(45)50-20-9-12-26-54(50)63-56/h7-37H,1-6H3. The lowest BCUT2D eigenvalue weighted by atomic mass is 9.78. The molecule has 0 aliphatic carbocycles. The third-order valence-electron chi connectivity index (χ3n) is 12.8. The normalized spacial score (nSPS) is 12.3. The summed E-state index contributed by atoms with van der Waals surface area (Å²) in [4.78, 5) is 2.41. The van der Waals surface area contributed by atoms with E-state index >= 15 is 0 Å². The summed E-state index contributed by atoms with van der Waals surface area (Å²) in [5.41, 5.74) is 16.5. The second-order valence-electron chi connectivity index (χ2n) is 19.0. The van der Waals surface area contributed by atoms with E-state index in [9.17, 15) is 0 Å². The van der Waals surface area contributed by atoms with Crippen LogP contribution in [0.2, 0.25) is 0 Å². The van der Waals surface area contributed by atoms with Crippen molar-refractivity contribution in [3.8, 4) is 33.4 Å². The summed E-state index contributed by atoms with van der Waals surface area (Å²) in [5.74, 6) is 0. The summed E-state index contributed by atoms with van der Waals surface area (Å²) in [5, 5.41) is 6.89. The van der Waals surface area contributed by atoms with E-state index < -0.39 is 0 Å². The SMILES string of the molecule is CC(C)(C)c1cc(-c2cccc3cccc(-c4ccccc4N(c4ccc(-c5cccc6oc7ccccc7c56)cc4)c4ccc5oc6ccccc6c5c4)c23)cc(C(C)(C)C)c1. The van der Waals surface area contributed by atoms with E-state index in [0.29, 0.717) is 0 Å². The first kappa shape index (κ1) is 38.6. The second-order valence-corrected chi connectivity index (χ2v) is 19.0. The molecule has 11 aromatic rings. The van der Waals surface area contributed by atoms with Crippen molar-refractivity contribution in [2.45, 2.75) is 52.4 Å². The molecule has 0 radical (unpaired) electrons. The van der Waals surface area contributed by atoms with Crippen LogP contribution in [-0.2, 0) is 10.8 Å². The number of fused-ring (bicyclic) bond motifs is 7. The van der Waals surface area contributed by atoms with E-state index in [2.05, 4.69) is 210 Å². The van der Waals surface area contributed by atoms with Crippen molar-refractivity contribution in [2.75, 3.05) is 4.90 Å². The van der Waals surface area contributed by atoms with Gasteiger partial charge in [-0.1, -0.05) is 175 Å². The van der Waals surface area contributed by atoms with Crippen LogP contribution in [0, 0.1) is 0 Å². The molecule has 0 N–H and O–H groups in total. The maximum absolute atomic E-state index is 6.35. The van der Waals surface area contributed by atoms with Gasteiger partial charge in [0.1, 0.15) is 22.3 Å². The minimum Gasteiger partial charge on any atom is -0.456 e. The zero-order valence-corrected chi connectivity index (χ0v) is 36.7. The van der Waals surface area contributed by atoms with E-state index in [0.717, 1.165) is 77.6 Å².